The molecule has 0 aliphatic carbocycles. The average molecular weight is 179 g/mol. The zero-order valence-electron chi connectivity index (χ0n) is 7.48. The molecule has 1 aliphatic heterocycles. The van der Waals surface area contributed by atoms with E-state index in [1.165, 1.54) is 0 Å². The van der Waals surface area contributed by atoms with Crippen molar-refractivity contribution in [2.24, 2.45) is 0 Å². The molecule has 1 aromatic rings. The summed E-state index contributed by atoms with van der Waals surface area (Å²) in [4.78, 5) is 4.17. The van der Waals surface area contributed by atoms with Gasteiger partial charge in [-0.05, 0) is 18.6 Å². The third-order valence-electron chi connectivity index (χ3n) is 2.08. The highest BCUT2D eigenvalue weighted by molar-refractivity contribution is 5.01. The summed E-state index contributed by atoms with van der Waals surface area (Å²) in [6.07, 6.45) is 3.05. The van der Waals surface area contributed by atoms with Crippen LogP contribution < -0.4 is 0 Å². The molecular formula is C10H13NO2. The molecule has 1 aromatic heterocycles. The van der Waals surface area contributed by atoms with Gasteiger partial charge in [0.1, 0.15) is 0 Å². The number of aromatic nitrogens is 1. The van der Waals surface area contributed by atoms with E-state index in [0.717, 1.165) is 25.3 Å². The van der Waals surface area contributed by atoms with Crippen LogP contribution in [0.15, 0.2) is 24.4 Å². The lowest BCUT2D eigenvalue weighted by Gasteiger charge is -2.08. The van der Waals surface area contributed by atoms with Crippen molar-refractivity contribution in [2.75, 3.05) is 13.2 Å². The van der Waals surface area contributed by atoms with Gasteiger partial charge in [0.05, 0.1) is 25.0 Å². The van der Waals surface area contributed by atoms with Gasteiger partial charge in [-0.3, -0.25) is 4.98 Å². The Bertz CT molecular complexity index is 244. The Kier molecular flexibility index (Phi) is 2.90. The lowest BCUT2D eigenvalue weighted by molar-refractivity contribution is 0.0301. The quantitative estimate of drug-likeness (QED) is 0.702. The van der Waals surface area contributed by atoms with Crippen molar-refractivity contribution < 1.29 is 9.47 Å². The van der Waals surface area contributed by atoms with Gasteiger partial charge in [0, 0.05) is 12.8 Å². The number of rotatable bonds is 3. The topological polar surface area (TPSA) is 31.4 Å². The van der Waals surface area contributed by atoms with Gasteiger partial charge >= 0.3 is 0 Å². The Morgan fingerprint density at radius 3 is 3.23 bits per heavy atom. The molecule has 2 rings (SSSR count). The van der Waals surface area contributed by atoms with Crippen LogP contribution >= 0.6 is 0 Å². The fourth-order valence-corrected chi connectivity index (χ4v) is 1.33. The van der Waals surface area contributed by atoms with E-state index in [2.05, 4.69) is 4.98 Å². The largest absolute Gasteiger partial charge is 0.379 e. The minimum Gasteiger partial charge on any atom is -0.379 e. The average Bonchev–Trinajstić information content (AvgIpc) is 2.69. The lowest BCUT2D eigenvalue weighted by atomic mass is 10.3. The summed E-state index contributed by atoms with van der Waals surface area (Å²) < 4.78 is 10.8. The van der Waals surface area contributed by atoms with E-state index in [0.29, 0.717) is 6.61 Å². The van der Waals surface area contributed by atoms with Crippen molar-refractivity contribution in [1.29, 1.82) is 0 Å². The molecule has 0 saturated carbocycles. The maximum Gasteiger partial charge on any atom is 0.0892 e. The Balaban J connectivity index is 1.79. The molecule has 3 nitrogen and oxygen atoms in total. The van der Waals surface area contributed by atoms with Crippen LogP contribution in [0.4, 0.5) is 0 Å². The van der Waals surface area contributed by atoms with Crippen LogP contribution in [0.1, 0.15) is 12.1 Å². The normalized spacial score (nSPS) is 22.0. The van der Waals surface area contributed by atoms with E-state index in [1.807, 2.05) is 18.2 Å². The number of hydrogen-bond donors (Lipinski definition) is 0. The van der Waals surface area contributed by atoms with Crippen molar-refractivity contribution in [1.82, 2.24) is 4.98 Å². The van der Waals surface area contributed by atoms with Gasteiger partial charge in [0.25, 0.3) is 0 Å². The smallest absolute Gasteiger partial charge is 0.0892 e. The molecule has 1 aliphatic rings. The van der Waals surface area contributed by atoms with E-state index < -0.39 is 0 Å². The first-order valence-electron chi connectivity index (χ1n) is 4.54. The predicted molar refractivity (Wildman–Crippen MR) is 48.3 cm³/mol. The molecule has 0 spiro atoms. The van der Waals surface area contributed by atoms with Crippen LogP contribution in [0, 0.1) is 0 Å². The van der Waals surface area contributed by atoms with Crippen LogP contribution in [0.5, 0.6) is 0 Å². The van der Waals surface area contributed by atoms with E-state index in [-0.39, 0.29) is 6.10 Å². The summed E-state index contributed by atoms with van der Waals surface area (Å²) in [5.74, 6) is 0. The summed E-state index contributed by atoms with van der Waals surface area (Å²) in [7, 11) is 0. The second-order valence-corrected chi connectivity index (χ2v) is 3.12. The minimum absolute atomic E-state index is 0.266. The van der Waals surface area contributed by atoms with Crippen molar-refractivity contribution in [3.05, 3.63) is 30.1 Å². The van der Waals surface area contributed by atoms with Gasteiger partial charge < -0.3 is 9.47 Å². The van der Waals surface area contributed by atoms with E-state index in [4.69, 9.17) is 9.47 Å². The first kappa shape index (κ1) is 8.66. The summed E-state index contributed by atoms with van der Waals surface area (Å²) in [5, 5.41) is 0. The SMILES string of the molecule is c1ccc(COC2CCOC2)nc1. The van der Waals surface area contributed by atoms with Gasteiger partial charge in [-0.15, -0.1) is 0 Å². The van der Waals surface area contributed by atoms with E-state index in [9.17, 15) is 0 Å². The molecule has 1 fully saturated rings. The van der Waals surface area contributed by atoms with Gasteiger partial charge in [-0.2, -0.15) is 0 Å². The van der Waals surface area contributed by atoms with Gasteiger partial charge in [0.2, 0.25) is 0 Å². The number of hydrogen-bond acceptors (Lipinski definition) is 3. The maximum absolute atomic E-state index is 5.60. The Morgan fingerprint density at radius 1 is 1.54 bits per heavy atom. The molecule has 1 unspecified atom stereocenters. The van der Waals surface area contributed by atoms with E-state index >= 15 is 0 Å². The predicted octanol–water partition coefficient (Wildman–Crippen LogP) is 1.39. The molecule has 3 heteroatoms. The van der Waals surface area contributed by atoms with Gasteiger partial charge in [-0.25, -0.2) is 0 Å². The molecule has 70 valence electrons. The second-order valence-electron chi connectivity index (χ2n) is 3.12. The molecule has 13 heavy (non-hydrogen) atoms. The summed E-state index contributed by atoms with van der Waals surface area (Å²) >= 11 is 0. The zero-order valence-corrected chi connectivity index (χ0v) is 7.48. The maximum atomic E-state index is 5.60. The highest BCUT2D eigenvalue weighted by Crippen LogP contribution is 2.10. The molecule has 2 heterocycles. The van der Waals surface area contributed by atoms with Crippen molar-refractivity contribution in [2.45, 2.75) is 19.1 Å². The van der Waals surface area contributed by atoms with Crippen LogP contribution in [0.25, 0.3) is 0 Å². The third-order valence-corrected chi connectivity index (χ3v) is 2.08. The number of ether oxygens (including phenoxy) is 2. The third kappa shape index (κ3) is 2.50. The number of pyridine rings is 1. The molecule has 0 aromatic carbocycles. The van der Waals surface area contributed by atoms with Crippen LogP contribution in [-0.2, 0) is 16.1 Å². The summed E-state index contributed by atoms with van der Waals surface area (Å²) in [6.45, 7) is 2.15. The highest BCUT2D eigenvalue weighted by atomic mass is 16.5. The standard InChI is InChI=1S/C10H13NO2/c1-2-5-11-9(3-1)7-13-10-4-6-12-8-10/h1-3,5,10H,4,6-8H2. The Labute approximate surface area is 77.7 Å². The summed E-state index contributed by atoms with van der Waals surface area (Å²) in [6, 6.07) is 5.84. The highest BCUT2D eigenvalue weighted by Gasteiger charge is 2.15. The first-order chi connectivity index (χ1) is 6.45. The first-order valence-corrected chi connectivity index (χ1v) is 4.54. The number of nitrogens with zero attached hydrogens (tertiary/aromatic N) is 1. The molecule has 1 atom stereocenters. The molecule has 0 bridgehead atoms. The molecule has 0 N–H and O–H groups in total. The van der Waals surface area contributed by atoms with Gasteiger partial charge in [-0.1, -0.05) is 6.07 Å². The monoisotopic (exact) mass is 179 g/mol. The van der Waals surface area contributed by atoms with Crippen LogP contribution in [0.2, 0.25) is 0 Å². The molecule has 0 radical (unpaired) electrons. The fraction of sp³-hybridized carbons (Fsp3) is 0.500. The van der Waals surface area contributed by atoms with E-state index in [1.54, 1.807) is 6.20 Å². The fourth-order valence-electron chi connectivity index (χ4n) is 1.33. The Hall–Kier alpha value is -0.930. The minimum atomic E-state index is 0.266. The van der Waals surface area contributed by atoms with Crippen LogP contribution in [0.3, 0.4) is 0 Å². The zero-order chi connectivity index (χ0) is 8.93. The lowest BCUT2D eigenvalue weighted by Crippen LogP contribution is -2.12. The van der Waals surface area contributed by atoms with Gasteiger partial charge in [0.15, 0.2) is 0 Å². The second kappa shape index (κ2) is 4.35. The molecule has 1 saturated heterocycles. The van der Waals surface area contributed by atoms with Crippen molar-refractivity contribution in [3.63, 3.8) is 0 Å². The van der Waals surface area contributed by atoms with Crippen molar-refractivity contribution >= 4 is 0 Å². The summed E-state index contributed by atoms with van der Waals surface area (Å²) in [5.41, 5.74) is 0.981. The Morgan fingerprint density at radius 2 is 2.54 bits per heavy atom. The molecular weight excluding hydrogens is 166 g/mol. The van der Waals surface area contributed by atoms with Crippen molar-refractivity contribution in [3.8, 4) is 0 Å². The van der Waals surface area contributed by atoms with Crippen LogP contribution in [-0.4, -0.2) is 24.3 Å². The molecule has 0 amide bonds.